The SMILES string of the molecule is O=C(NCCO)N[C@@H]1c2ccccc2CSc2ccccc21. The highest BCUT2D eigenvalue weighted by Crippen LogP contribution is 2.39. The molecule has 5 heteroatoms. The zero-order valence-electron chi connectivity index (χ0n) is 12.1. The van der Waals surface area contributed by atoms with E-state index in [1.54, 1.807) is 11.8 Å². The summed E-state index contributed by atoms with van der Waals surface area (Å²) in [5.41, 5.74) is 3.46. The lowest BCUT2D eigenvalue weighted by molar-refractivity contribution is 0.232. The molecule has 3 N–H and O–H groups in total. The van der Waals surface area contributed by atoms with E-state index in [9.17, 15) is 4.79 Å². The lowest BCUT2D eigenvalue weighted by Crippen LogP contribution is -2.39. The number of aliphatic hydroxyl groups is 1. The van der Waals surface area contributed by atoms with Crippen LogP contribution in [-0.4, -0.2) is 24.3 Å². The number of nitrogens with one attached hydrogen (secondary N) is 2. The first kappa shape index (κ1) is 14.9. The summed E-state index contributed by atoms with van der Waals surface area (Å²) in [6.07, 6.45) is 0. The molecule has 0 saturated heterocycles. The van der Waals surface area contributed by atoms with Crippen LogP contribution in [-0.2, 0) is 5.75 Å². The van der Waals surface area contributed by atoms with E-state index in [1.165, 1.54) is 10.5 Å². The number of urea groups is 1. The molecule has 2 amide bonds. The largest absolute Gasteiger partial charge is 0.395 e. The standard InChI is InChI=1S/C17H18N2O2S/c20-10-9-18-17(21)19-16-13-6-2-1-5-12(13)11-22-15-8-4-3-7-14(15)16/h1-8,16,20H,9-11H2,(H2,18,19,21)/t16-/m1/s1. The Bertz CT molecular complexity index is 628. The van der Waals surface area contributed by atoms with Crippen LogP contribution in [0.25, 0.3) is 0 Å². The first-order valence-electron chi connectivity index (χ1n) is 7.24. The zero-order chi connectivity index (χ0) is 15.4. The highest BCUT2D eigenvalue weighted by atomic mass is 32.2. The molecule has 2 aromatic carbocycles. The van der Waals surface area contributed by atoms with Crippen molar-refractivity contribution >= 4 is 17.8 Å². The molecule has 22 heavy (non-hydrogen) atoms. The fourth-order valence-electron chi connectivity index (χ4n) is 2.63. The van der Waals surface area contributed by atoms with Gasteiger partial charge in [0, 0.05) is 17.2 Å². The average molecular weight is 314 g/mol. The van der Waals surface area contributed by atoms with E-state index in [0.29, 0.717) is 0 Å². The Labute approximate surface area is 133 Å². The first-order chi connectivity index (χ1) is 10.8. The summed E-state index contributed by atoms with van der Waals surface area (Å²) in [6, 6.07) is 15.9. The number of fused-ring (bicyclic) bond motifs is 2. The van der Waals surface area contributed by atoms with Crippen LogP contribution in [0.5, 0.6) is 0 Å². The first-order valence-corrected chi connectivity index (χ1v) is 8.23. The predicted molar refractivity (Wildman–Crippen MR) is 87.9 cm³/mol. The number of carbonyl (C=O) groups excluding carboxylic acids is 1. The van der Waals surface area contributed by atoms with Crippen molar-refractivity contribution in [3.05, 3.63) is 65.2 Å². The van der Waals surface area contributed by atoms with E-state index in [4.69, 9.17) is 5.11 Å². The Kier molecular flexibility index (Phi) is 4.65. The number of rotatable bonds is 3. The molecule has 0 saturated carbocycles. The van der Waals surface area contributed by atoms with E-state index in [2.05, 4.69) is 34.9 Å². The van der Waals surface area contributed by atoms with E-state index < -0.39 is 0 Å². The minimum absolute atomic E-state index is 0.0683. The molecule has 0 unspecified atom stereocenters. The van der Waals surface area contributed by atoms with Crippen molar-refractivity contribution in [2.24, 2.45) is 0 Å². The molecule has 1 heterocycles. The van der Waals surface area contributed by atoms with E-state index in [0.717, 1.165) is 16.9 Å². The molecule has 0 radical (unpaired) electrons. The van der Waals surface area contributed by atoms with Gasteiger partial charge in [0.05, 0.1) is 12.6 Å². The highest BCUT2D eigenvalue weighted by molar-refractivity contribution is 7.98. The molecule has 0 spiro atoms. The van der Waals surface area contributed by atoms with Gasteiger partial charge in [0.1, 0.15) is 0 Å². The molecule has 1 aliphatic heterocycles. The van der Waals surface area contributed by atoms with Crippen LogP contribution in [0.4, 0.5) is 4.79 Å². The molecule has 0 fully saturated rings. The van der Waals surface area contributed by atoms with Crippen LogP contribution in [0.15, 0.2) is 53.4 Å². The minimum Gasteiger partial charge on any atom is -0.395 e. The van der Waals surface area contributed by atoms with Gasteiger partial charge in [0.2, 0.25) is 0 Å². The third-order valence-electron chi connectivity index (χ3n) is 3.65. The summed E-state index contributed by atoms with van der Waals surface area (Å²) in [5.74, 6) is 0.892. The Morgan fingerprint density at radius 1 is 1.14 bits per heavy atom. The van der Waals surface area contributed by atoms with Gasteiger partial charge < -0.3 is 15.7 Å². The number of hydrogen-bond acceptors (Lipinski definition) is 3. The van der Waals surface area contributed by atoms with Crippen LogP contribution in [0, 0.1) is 0 Å². The Balaban J connectivity index is 1.97. The summed E-state index contributed by atoms with van der Waals surface area (Å²) in [7, 11) is 0. The van der Waals surface area contributed by atoms with Crippen LogP contribution in [0.2, 0.25) is 0 Å². The molecular formula is C17H18N2O2S. The molecule has 0 aliphatic carbocycles. The molecule has 2 aromatic rings. The fourth-order valence-corrected chi connectivity index (χ4v) is 3.73. The maximum absolute atomic E-state index is 12.1. The summed E-state index contributed by atoms with van der Waals surface area (Å²) >= 11 is 1.79. The van der Waals surface area contributed by atoms with Gasteiger partial charge in [-0.15, -0.1) is 11.8 Å². The second-order valence-electron chi connectivity index (χ2n) is 5.08. The van der Waals surface area contributed by atoms with E-state index in [1.807, 2.05) is 24.3 Å². The van der Waals surface area contributed by atoms with Crippen molar-refractivity contribution < 1.29 is 9.90 Å². The van der Waals surface area contributed by atoms with Crippen LogP contribution < -0.4 is 10.6 Å². The minimum atomic E-state index is -0.268. The van der Waals surface area contributed by atoms with Gasteiger partial charge in [-0.2, -0.15) is 0 Å². The van der Waals surface area contributed by atoms with E-state index >= 15 is 0 Å². The van der Waals surface area contributed by atoms with Gasteiger partial charge in [-0.3, -0.25) is 0 Å². The number of benzene rings is 2. The Morgan fingerprint density at radius 2 is 1.86 bits per heavy atom. The monoisotopic (exact) mass is 314 g/mol. The molecule has 0 aromatic heterocycles. The molecule has 3 rings (SSSR count). The molecule has 4 nitrogen and oxygen atoms in total. The molecule has 1 atom stereocenters. The molecule has 1 aliphatic rings. The highest BCUT2D eigenvalue weighted by Gasteiger charge is 2.24. The van der Waals surface area contributed by atoms with Gasteiger partial charge in [0.25, 0.3) is 0 Å². The number of thioether (sulfide) groups is 1. The zero-order valence-corrected chi connectivity index (χ0v) is 12.9. The van der Waals surface area contributed by atoms with E-state index in [-0.39, 0.29) is 25.2 Å². The van der Waals surface area contributed by atoms with Crippen molar-refractivity contribution in [2.45, 2.75) is 16.7 Å². The quantitative estimate of drug-likeness (QED) is 0.816. The average Bonchev–Trinajstić information content (AvgIpc) is 2.71. The predicted octanol–water partition coefficient (Wildman–Crippen LogP) is 2.67. The van der Waals surface area contributed by atoms with Crippen molar-refractivity contribution in [3.8, 4) is 0 Å². The smallest absolute Gasteiger partial charge is 0.315 e. The van der Waals surface area contributed by atoms with Crippen LogP contribution in [0.1, 0.15) is 22.7 Å². The van der Waals surface area contributed by atoms with Gasteiger partial charge in [-0.25, -0.2) is 4.79 Å². The summed E-state index contributed by atoms with van der Waals surface area (Å²) in [4.78, 5) is 13.2. The Hall–Kier alpha value is -1.98. The summed E-state index contributed by atoms with van der Waals surface area (Å²) < 4.78 is 0. The van der Waals surface area contributed by atoms with Crippen molar-refractivity contribution in [2.75, 3.05) is 13.2 Å². The second kappa shape index (κ2) is 6.85. The number of amides is 2. The van der Waals surface area contributed by atoms with Gasteiger partial charge in [0.15, 0.2) is 0 Å². The van der Waals surface area contributed by atoms with Gasteiger partial charge >= 0.3 is 6.03 Å². The number of aliphatic hydroxyl groups excluding tert-OH is 1. The van der Waals surface area contributed by atoms with Crippen molar-refractivity contribution in [1.29, 1.82) is 0 Å². The van der Waals surface area contributed by atoms with Crippen LogP contribution in [0.3, 0.4) is 0 Å². The third-order valence-corrected chi connectivity index (χ3v) is 4.79. The topological polar surface area (TPSA) is 61.4 Å². The number of carbonyl (C=O) groups is 1. The van der Waals surface area contributed by atoms with Gasteiger partial charge in [-0.05, 0) is 22.8 Å². The Morgan fingerprint density at radius 3 is 2.68 bits per heavy atom. The van der Waals surface area contributed by atoms with Crippen molar-refractivity contribution in [3.63, 3.8) is 0 Å². The third kappa shape index (κ3) is 3.10. The second-order valence-corrected chi connectivity index (χ2v) is 6.10. The van der Waals surface area contributed by atoms with Crippen molar-refractivity contribution in [1.82, 2.24) is 10.6 Å². The maximum atomic E-state index is 12.1. The summed E-state index contributed by atoms with van der Waals surface area (Å²) in [5, 5.41) is 14.5. The fraction of sp³-hybridized carbons (Fsp3) is 0.235. The normalized spacial score (nSPS) is 16.1. The summed E-state index contributed by atoms with van der Waals surface area (Å²) in [6.45, 7) is 0.178. The molecular weight excluding hydrogens is 296 g/mol. The lowest BCUT2D eigenvalue weighted by Gasteiger charge is -2.21. The van der Waals surface area contributed by atoms with Crippen LogP contribution >= 0.6 is 11.8 Å². The number of hydrogen-bond donors (Lipinski definition) is 3. The molecule has 114 valence electrons. The molecule has 0 bridgehead atoms. The van der Waals surface area contributed by atoms with Gasteiger partial charge in [-0.1, -0.05) is 42.5 Å². The lowest BCUT2D eigenvalue weighted by atomic mass is 9.95. The maximum Gasteiger partial charge on any atom is 0.315 e.